The molecule has 2 aliphatic rings. The first kappa shape index (κ1) is 23.8. The topological polar surface area (TPSA) is 83.9 Å². The van der Waals surface area contributed by atoms with Gasteiger partial charge < -0.3 is 10.1 Å². The predicted molar refractivity (Wildman–Crippen MR) is 128 cm³/mol. The Labute approximate surface area is 195 Å². The number of halogens is 1. The van der Waals surface area contributed by atoms with Gasteiger partial charge in [-0.25, -0.2) is 17.8 Å². The highest BCUT2D eigenvalue weighted by Crippen LogP contribution is 2.36. The lowest BCUT2D eigenvalue weighted by Gasteiger charge is -2.29. The lowest BCUT2D eigenvalue weighted by atomic mass is 9.96. The summed E-state index contributed by atoms with van der Waals surface area (Å²) in [5, 5.41) is 3.50. The molecule has 0 spiro atoms. The quantitative estimate of drug-likeness (QED) is 0.557. The Bertz CT molecular complexity index is 1090. The van der Waals surface area contributed by atoms with E-state index in [0.717, 1.165) is 29.8 Å². The average Bonchev–Trinajstić information content (AvgIpc) is 3.43. The standard InChI is InChI=1S/C24H31FN4O3S/c1-32-15-5-14-29-23(17-8-10-19(25)11-9-17)22(28-24(29)33(2,30)31)18-12-13-26-21(16-18)27-20-6-3-4-7-20/h8-13,16,20,23-24H,3-7,14-15H2,1-2H3,(H,26,27). The van der Waals surface area contributed by atoms with Crippen LogP contribution < -0.4 is 5.32 Å². The van der Waals surface area contributed by atoms with E-state index in [0.29, 0.717) is 31.3 Å². The van der Waals surface area contributed by atoms with Crippen LogP contribution in [0.5, 0.6) is 0 Å². The van der Waals surface area contributed by atoms with E-state index in [1.807, 2.05) is 17.0 Å². The monoisotopic (exact) mass is 474 g/mol. The van der Waals surface area contributed by atoms with Crippen LogP contribution in [0.15, 0.2) is 47.6 Å². The van der Waals surface area contributed by atoms with Crippen molar-refractivity contribution in [3.8, 4) is 0 Å². The van der Waals surface area contributed by atoms with Gasteiger partial charge in [0.25, 0.3) is 0 Å². The minimum absolute atomic E-state index is 0.340. The van der Waals surface area contributed by atoms with Crippen LogP contribution in [0.3, 0.4) is 0 Å². The van der Waals surface area contributed by atoms with E-state index >= 15 is 0 Å². The molecule has 2 aromatic rings. The lowest BCUT2D eigenvalue weighted by molar-refractivity contribution is 0.164. The lowest BCUT2D eigenvalue weighted by Crippen LogP contribution is -2.39. The third kappa shape index (κ3) is 5.59. The zero-order chi connectivity index (χ0) is 23.4. The molecular weight excluding hydrogens is 443 g/mol. The summed E-state index contributed by atoms with van der Waals surface area (Å²) in [6, 6.07) is 9.95. The molecule has 4 rings (SSSR count). The smallest absolute Gasteiger partial charge is 0.205 e. The molecule has 1 aliphatic carbocycles. The van der Waals surface area contributed by atoms with Crippen molar-refractivity contribution in [2.45, 2.75) is 49.7 Å². The maximum atomic E-state index is 13.7. The number of benzene rings is 1. The van der Waals surface area contributed by atoms with Gasteiger partial charge in [0.2, 0.25) is 5.50 Å². The molecular formula is C24H31FN4O3S. The van der Waals surface area contributed by atoms with Crippen LogP contribution in [0.25, 0.3) is 0 Å². The van der Waals surface area contributed by atoms with Gasteiger partial charge in [-0.2, -0.15) is 0 Å². The first-order valence-electron chi connectivity index (χ1n) is 11.4. The summed E-state index contributed by atoms with van der Waals surface area (Å²) in [6.07, 6.45) is 8.23. The van der Waals surface area contributed by atoms with Crippen LogP contribution in [0.2, 0.25) is 0 Å². The fourth-order valence-electron chi connectivity index (χ4n) is 4.70. The van der Waals surface area contributed by atoms with Gasteiger partial charge in [0.15, 0.2) is 9.84 Å². The molecule has 1 saturated carbocycles. The Balaban J connectivity index is 1.73. The Morgan fingerprint density at radius 2 is 1.91 bits per heavy atom. The summed E-state index contributed by atoms with van der Waals surface area (Å²) in [5.74, 6) is 0.418. The highest BCUT2D eigenvalue weighted by atomic mass is 32.2. The van der Waals surface area contributed by atoms with Gasteiger partial charge in [0.05, 0.1) is 11.8 Å². The summed E-state index contributed by atoms with van der Waals surface area (Å²) >= 11 is 0. The highest BCUT2D eigenvalue weighted by Gasteiger charge is 2.42. The van der Waals surface area contributed by atoms with Crippen LogP contribution >= 0.6 is 0 Å². The molecule has 2 unspecified atom stereocenters. The fourth-order valence-corrected chi connectivity index (χ4v) is 5.72. The van der Waals surface area contributed by atoms with Gasteiger partial charge in [-0.3, -0.25) is 9.89 Å². The van der Waals surface area contributed by atoms with Crippen LogP contribution in [0, 0.1) is 5.82 Å². The molecule has 0 saturated heterocycles. The second kappa shape index (κ2) is 10.3. The number of hydrogen-bond acceptors (Lipinski definition) is 7. The Morgan fingerprint density at radius 3 is 2.58 bits per heavy atom. The summed E-state index contributed by atoms with van der Waals surface area (Å²) in [6.45, 7) is 0.974. The normalized spacial score (nSPS) is 22.0. The number of hydrogen-bond donors (Lipinski definition) is 1. The number of sulfone groups is 1. The maximum absolute atomic E-state index is 13.7. The molecule has 1 N–H and O–H groups in total. The number of ether oxygens (including phenoxy) is 1. The SMILES string of the molecule is COCCCN1C(c2ccc(F)cc2)C(c2ccnc(NC3CCCC3)c2)=NC1S(C)(=O)=O. The molecule has 0 radical (unpaired) electrons. The van der Waals surface area contributed by atoms with Crippen molar-refractivity contribution in [3.63, 3.8) is 0 Å². The third-order valence-electron chi connectivity index (χ3n) is 6.22. The van der Waals surface area contributed by atoms with E-state index in [4.69, 9.17) is 9.73 Å². The first-order chi connectivity index (χ1) is 15.9. The Kier molecular flexibility index (Phi) is 7.41. The van der Waals surface area contributed by atoms with Gasteiger partial charge in [-0.15, -0.1) is 0 Å². The van der Waals surface area contributed by atoms with Gasteiger partial charge in [-0.1, -0.05) is 25.0 Å². The molecule has 1 aromatic heterocycles. The zero-order valence-electron chi connectivity index (χ0n) is 19.1. The van der Waals surface area contributed by atoms with Crippen molar-refractivity contribution >= 4 is 21.4 Å². The van der Waals surface area contributed by atoms with Crippen LogP contribution in [-0.2, 0) is 14.6 Å². The van der Waals surface area contributed by atoms with Crippen molar-refractivity contribution in [1.29, 1.82) is 0 Å². The average molecular weight is 475 g/mol. The van der Waals surface area contributed by atoms with E-state index in [2.05, 4.69) is 10.3 Å². The molecule has 0 amide bonds. The molecule has 1 aliphatic heterocycles. The van der Waals surface area contributed by atoms with Gasteiger partial charge >= 0.3 is 0 Å². The van der Waals surface area contributed by atoms with Gasteiger partial charge in [0, 0.05) is 44.3 Å². The molecule has 9 heteroatoms. The van der Waals surface area contributed by atoms with E-state index in [-0.39, 0.29) is 5.82 Å². The number of rotatable bonds is 9. The van der Waals surface area contributed by atoms with Gasteiger partial charge in [0.1, 0.15) is 11.6 Å². The van der Waals surface area contributed by atoms with Crippen molar-refractivity contribution in [3.05, 3.63) is 59.5 Å². The van der Waals surface area contributed by atoms with Crippen molar-refractivity contribution < 1.29 is 17.5 Å². The highest BCUT2D eigenvalue weighted by molar-refractivity contribution is 7.91. The molecule has 1 fully saturated rings. The van der Waals surface area contributed by atoms with E-state index in [1.165, 1.54) is 31.2 Å². The molecule has 2 atom stereocenters. The predicted octanol–water partition coefficient (Wildman–Crippen LogP) is 3.79. The van der Waals surface area contributed by atoms with Crippen LogP contribution in [0.4, 0.5) is 10.2 Å². The number of aromatic nitrogens is 1. The number of nitrogens with zero attached hydrogens (tertiary/aromatic N) is 3. The van der Waals surface area contributed by atoms with Crippen LogP contribution in [-0.4, -0.2) is 62.1 Å². The molecule has 2 heterocycles. The van der Waals surface area contributed by atoms with E-state index in [9.17, 15) is 12.8 Å². The van der Waals surface area contributed by atoms with Crippen molar-refractivity contribution in [2.24, 2.45) is 4.99 Å². The number of pyridine rings is 1. The fraction of sp³-hybridized carbons (Fsp3) is 0.500. The van der Waals surface area contributed by atoms with Crippen molar-refractivity contribution in [2.75, 3.05) is 31.8 Å². The third-order valence-corrected chi connectivity index (χ3v) is 7.36. The largest absolute Gasteiger partial charge is 0.385 e. The molecule has 0 bridgehead atoms. The molecule has 178 valence electrons. The van der Waals surface area contributed by atoms with Gasteiger partial charge in [-0.05, 0) is 49.1 Å². The Morgan fingerprint density at radius 1 is 1.18 bits per heavy atom. The number of nitrogens with one attached hydrogen (secondary N) is 1. The van der Waals surface area contributed by atoms with E-state index < -0.39 is 21.4 Å². The summed E-state index contributed by atoms with van der Waals surface area (Å²) in [4.78, 5) is 11.0. The second-order valence-electron chi connectivity index (χ2n) is 8.76. The van der Waals surface area contributed by atoms with Crippen molar-refractivity contribution in [1.82, 2.24) is 9.88 Å². The van der Waals surface area contributed by atoms with E-state index in [1.54, 1.807) is 25.4 Å². The molecule has 33 heavy (non-hydrogen) atoms. The molecule has 7 nitrogen and oxygen atoms in total. The summed E-state index contributed by atoms with van der Waals surface area (Å²) in [7, 11) is -1.90. The Hall–Kier alpha value is -2.36. The maximum Gasteiger partial charge on any atom is 0.205 e. The number of aliphatic imine (C=N–C) groups is 1. The minimum atomic E-state index is -3.52. The second-order valence-corrected chi connectivity index (χ2v) is 10.8. The van der Waals surface area contributed by atoms with Crippen LogP contribution in [0.1, 0.15) is 49.3 Å². The minimum Gasteiger partial charge on any atom is -0.385 e. The zero-order valence-corrected chi connectivity index (χ0v) is 19.9. The summed E-state index contributed by atoms with van der Waals surface area (Å²) in [5.41, 5.74) is 1.23. The molecule has 1 aromatic carbocycles. The number of methoxy groups -OCH3 is 1. The first-order valence-corrected chi connectivity index (χ1v) is 13.3. The summed E-state index contributed by atoms with van der Waals surface area (Å²) < 4.78 is 44.3. The number of anilines is 1.